The Labute approximate surface area is 128 Å². The van der Waals surface area contributed by atoms with Gasteiger partial charge >= 0.3 is 0 Å². The number of carbonyl (C=O) groups excluding carboxylic acids is 1. The van der Waals surface area contributed by atoms with Crippen molar-refractivity contribution in [2.24, 2.45) is 0 Å². The van der Waals surface area contributed by atoms with Crippen LogP contribution in [0.2, 0.25) is 0 Å². The van der Waals surface area contributed by atoms with Crippen molar-refractivity contribution in [2.45, 2.75) is 13.0 Å². The number of benzene rings is 1. The van der Waals surface area contributed by atoms with Crippen molar-refractivity contribution in [2.75, 3.05) is 0 Å². The van der Waals surface area contributed by atoms with Crippen molar-refractivity contribution in [3.8, 4) is 0 Å². The van der Waals surface area contributed by atoms with Crippen LogP contribution in [0.5, 0.6) is 0 Å². The Morgan fingerprint density at radius 2 is 2.30 bits per heavy atom. The molecule has 0 bridgehead atoms. The average Bonchev–Trinajstić information content (AvgIpc) is 2.92. The highest BCUT2D eigenvalue weighted by atomic mass is 127. The summed E-state index contributed by atoms with van der Waals surface area (Å²) >= 11 is 1.97. The minimum absolute atomic E-state index is 0.105. The number of hydrogen-bond acceptors (Lipinski definition) is 4. The number of hydrogen-bond donors (Lipinski definition) is 2. The van der Waals surface area contributed by atoms with Gasteiger partial charge in [-0.05, 0) is 35.6 Å². The lowest BCUT2D eigenvalue weighted by molar-refractivity contribution is -0.384. The fourth-order valence-corrected chi connectivity index (χ4v) is 2.24. The SMILES string of the molecule is CC(NC(=O)c1cc([N+](=O)[O-])ccc1I)c1cn[nH]c1. The molecule has 0 saturated carbocycles. The van der Waals surface area contributed by atoms with Crippen molar-refractivity contribution in [3.05, 3.63) is 55.4 Å². The van der Waals surface area contributed by atoms with Gasteiger partial charge in [0.1, 0.15) is 0 Å². The van der Waals surface area contributed by atoms with Gasteiger partial charge in [0.25, 0.3) is 11.6 Å². The topological polar surface area (TPSA) is 101 Å². The summed E-state index contributed by atoms with van der Waals surface area (Å²) in [7, 11) is 0. The second kappa shape index (κ2) is 5.99. The van der Waals surface area contributed by atoms with Crippen LogP contribution in [0.4, 0.5) is 5.69 Å². The van der Waals surface area contributed by atoms with Gasteiger partial charge in [-0.2, -0.15) is 5.10 Å². The number of H-pyrrole nitrogens is 1. The van der Waals surface area contributed by atoms with Gasteiger partial charge in [0.2, 0.25) is 0 Å². The number of nitro benzene ring substituents is 1. The minimum atomic E-state index is -0.521. The van der Waals surface area contributed by atoms with Crippen LogP contribution in [-0.4, -0.2) is 21.0 Å². The Kier molecular flexibility index (Phi) is 4.32. The number of non-ortho nitro benzene ring substituents is 1. The Morgan fingerprint density at radius 1 is 1.55 bits per heavy atom. The molecule has 1 atom stereocenters. The molecule has 0 spiro atoms. The number of rotatable bonds is 4. The molecule has 2 N–H and O–H groups in total. The molecule has 0 fully saturated rings. The summed E-state index contributed by atoms with van der Waals surface area (Å²) in [5, 5.41) is 20.0. The molecule has 2 aromatic rings. The van der Waals surface area contributed by atoms with E-state index in [0.717, 1.165) is 5.56 Å². The molecule has 0 aliphatic heterocycles. The van der Waals surface area contributed by atoms with Crippen LogP contribution in [0, 0.1) is 13.7 Å². The van der Waals surface area contributed by atoms with E-state index < -0.39 is 4.92 Å². The molecular weight excluding hydrogens is 375 g/mol. The molecular formula is C12H11IN4O3. The third kappa shape index (κ3) is 3.13. The molecule has 0 aliphatic rings. The monoisotopic (exact) mass is 386 g/mol. The Hall–Kier alpha value is -1.97. The number of aromatic nitrogens is 2. The van der Waals surface area contributed by atoms with Gasteiger partial charge in [-0.3, -0.25) is 20.0 Å². The lowest BCUT2D eigenvalue weighted by Crippen LogP contribution is -2.27. The number of nitro groups is 1. The second-order valence-electron chi connectivity index (χ2n) is 4.15. The number of amides is 1. The zero-order valence-corrected chi connectivity index (χ0v) is 12.6. The van der Waals surface area contributed by atoms with E-state index in [1.165, 1.54) is 12.1 Å². The lowest BCUT2D eigenvalue weighted by atomic mass is 10.1. The summed E-state index contributed by atoms with van der Waals surface area (Å²) in [5.41, 5.74) is 1.01. The molecule has 20 heavy (non-hydrogen) atoms. The summed E-state index contributed by atoms with van der Waals surface area (Å²) < 4.78 is 0.657. The number of aromatic amines is 1. The first kappa shape index (κ1) is 14.4. The van der Waals surface area contributed by atoms with E-state index in [1.807, 2.05) is 29.5 Å². The maximum atomic E-state index is 12.2. The Bertz CT molecular complexity index is 642. The molecule has 8 heteroatoms. The van der Waals surface area contributed by atoms with Crippen LogP contribution >= 0.6 is 22.6 Å². The fraction of sp³-hybridized carbons (Fsp3) is 0.167. The smallest absolute Gasteiger partial charge is 0.270 e. The van der Waals surface area contributed by atoms with E-state index in [9.17, 15) is 14.9 Å². The maximum Gasteiger partial charge on any atom is 0.270 e. The summed E-state index contributed by atoms with van der Waals surface area (Å²) in [6.45, 7) is 1.81. The van der Waals surface area contributed by atoms with Crippen LogP contribution in [0.3, 0.4) is 0 Å². The van der Waals surface area contributed by atoms with Crippen molar-refractivity contribution in [3.63, 3.8) is 0 Å². The first-order valence-corrected chi connectivity index (χ1v) is 6.80. The van der Waals surface area contributed by atoms with Crippen LogP contribution in [0.15, 0.2) is 30.6 Å². The third-order valence-corrected chi connectivity index (χ3v) is 3.71. The molecule has 104 valence electrons. The predicted octanol–water partition coefficient (Wildman–Crippen LogP) is 2.41. The Morgan fingerprint density at radius 3 is 2.90 bits per heavy atom. The molecule has 0 aliphatic carbocycles. The van der Waals surface area contributed by atoms with Gasteiger partial charge in [-0.1, -0.05) is 0 Å². The third-order valence-electron chi connectivity index (χ3n) is 2.77. The van der Waals surface area contributed by atoms with E-state index >= 15 is 0 Å². The molecule has 0 radical (unpaired) electrons. The summed E-state index contributed by atoms with van der Waals surface area (Å²) in [6, 6.07) is 3.96. The van der Waals surface area contributed by atoms with Crippen LogP contribution in [-0.2, 0) is 0 Å². The molecule has 7 nitrogen and oxygen atoms in total. The van der Waals surface area contributed by atoms with Crippen LogP contribution in [0.1, 0.15) is 28.9 Å². The average molecular weight is 386 g/mol. The normalized spacial score (nSPS) is 11.9. The quantitative estimate of drug-likeness (QED) is 0.479. The van der Waals surface area contributed by atoms with Gasteiger partial charge in [0.15, 0.2) is 0 Å². The largest absolute Gasteiger partial charge is 0.345 e. The second-order valence-corrected chi connectivity index (χ2v) is 5.31. The van der Waals surface area contributed by atoms with E-state index in [4.69, 9.17) is 0 Å². The summed E-state index contributed by atoms with van der Waals surface area (Å²) in [6.07, 6.45) is 3.30. The van der Waals surface area contributed by atoms with Crippen molar-refractivity contribution < 1.29 is 9.72 Å². The molecule has 1 heterocycles. The van der Waals surface area contributed by atoms with E-state index in [2.05, 4.69) is 15.5 Å². The van der Waals surface area contributed by atoms with Crippen molar-refractivity contribution in [1.82, 2.24) is 15.5 Å². The van der Waals surface area contributed by atoms with Crippen LogP contribution < -0.4 is 5.32 Å². The molecule has 0 saturated heterocycles. The van der Waals surface area contributed by atoms with Gasteiger partial charge in [-0.25, -0.2) is 0 Å². The molecule has 1 unspecified atom stereocenters. The number of nitrogens with zero attached hydrogens (tertiary/aromatic N) is 2. The van der Waals surface area contributed by atoms with Gasteiger partial charge in [-0.15, -0.1) is 0 Å². The van der Waals surface area contributed by atoms with Gasteiger partial charge < -0.3 is 5.32 Å². The summed E-state index contributed by atoms with van der Waals surface area (Å²) in [4.78, 5) is 22.4. The number of carbonyl (C=O) groups is 1. The molecule has 1 aromatic heterocycles. The minimum Gasteiger partial charge on any atom is -0.345 e. The maximum absolute atomic E-state index is 12.2. The van der Waals surface area contributed by atoms with E-state index in [-0.39, 0.29) is 23.2 Å². The lowest BCUT2D eigenvalue weighted by Gasteiger charge is -2.12. The highest BCUT2D eigenvalue weighted by Crippen LogP contribution is 2.20. The van der Waals surface area contributed by atoms with Crippen molar-refractivity contribution >= 4 is 34.2 Å². The molecule has 2 rings (SSSR count). The van der Waals surface area contributed by atoms with Crippen molar-refractivity contribution in [1.29, 1.82) is 0 Å². The fourth-order valence-electron chi connectivity index (χ4n) is 1.66. The number of nitrogens with one attached hydrogen (secondary N) is 2. The Balaban J connectivity index is 2.20. The first-order valence-electron chi connectivity index (χ1n) is 5.72. The number of halogens is 1. The molecule has 1 aromatic carbocycles. The van der Waals surface area contributed by atoms with E-state index in [0.29, 0.717) is 3.57 Å². The van der Waals surface area contributed by atoms with E-state index in [1.54, 1.807) is 18.5 Å². The molecule has 1 amide bonds. The van der Waals surface area contributed by atoms with Gasteiger partial charge in [0, 0.05) is 27.5 Å². The zero-order valence-electron chi connectivity index (χ0n) is 10.5. The standard InChI is InChI=1S/C12H11IN4O3/c1-7(8-5-14-15-6-8)16-12(18)10-4-9(17(19)20)2-3-11(10)13/h2-7H,1H3,(H,14,15)(H,16,18). The first-order chi connectivity index (χ1) is 9.49. The predicted molar refractivity (Wildman–Crippen MR) is 80.3 cm³/mol. The highest BCUT2D eigenvalue weighted by molar-refractivity contribution is 14.1. The zero-order chi connectivity index (χ0) is 14.7. The highest BCUT2D eigenvalue weighted by Gasteiger charge is 2.18. The summed E-state index contributed by atoms with van der Waals surface area (Å²) in [5.74, 6) is -0.355. The van der Waals surface area contributed by atoms with Crippen LogP contribution in [0.25, 0.3) is 0 Å². The van der Waals surface area contributed by atoms with Gasteiger partial charge in [0.05, 0.1) is 22.7 Å².